The number of nitrogens with one attached hydrogen (secondary N) is 1. The van der Waals surface area contributed by atoms with E-state index in [4.69, 9.17) is 0 Å². The van der Waals surface area contributed by atoms with Crippen molar-refractivity contribution in [3.63, 3.8) is 0 Å². The van der Waals surface area contributed by atoms with Crippen molar-refractivity contribution in [2.24, 2.45) is 0 Å². The Morgan fingerprint density at radius 1 is 1.14 bits per heavy atom. The largest absolute Gasteiger partial charge is 0.368 e. The zero-order valence-electron chi connectivity index (χ0n) is 16.6. The second kappa shape index (κ2) is 7.91. The lowest BCUT2D eigenvalue weighted by molar-refractivity contribution is 0.0713. The average molecular weight is 385 g/mol. The van der Waals surface area contributed by atoms with Crippen molar-refractivity contribution in [1.82, 2.24) is 20.0 Å². The van der Waals surface area contributed by atoms with Crippen LogP contribution < -0.4 is 4.90 Å². The van der Waals surface area contributed by atoms with Gasteiger partial charge in [0.25, 0.3) is 5.91 Å². The number of halogens is 1. The van der Waals surface area contributed by atoms with Crippen molar-refractivity contribution in [2.75, 3.05) is 51.2 Å². The number of amides is 1. The fourth-order valence-electron chi connectivity index (χ4n) is 4.34. The molecule has 1 amide bonds. The Morgan fingerprint density at radius 2 is 1.86 bits per heavy atom. The molecule has 0 unspecified atom stereocenters. The van der Waals surface area contributed by atoms with E-state index in [0.717, 1.165) is 50.4 Å². The Balaban J connectivity index is 1.49. The highest BCUT2D eigenvalue weighted by atomic mass is 19.1. The van der Waals surface area contributed by atoms with Gasteiger partial charge in [0.15, 0.2) is 0 Å². The second-order valence-corrected chi connectivity index (χ2v) is 7.97. The van der Waals surface area contributed by atoms with Crippen LogP contribution in [0.1, 0.15) is 40.4 Å². The van der Waals surface area contributed by atoms with Gasteiger partial charge in [0.05, 0.1) is 11.8 Å². The van der Waals surface area contributed by atoms with Gasteiger partial charge in [-0.3, -0.25) is 9.89 Å². The highest BCUT2D eigenvalue weighted by Crippen LogP contribution is 2.31. The van der Waals surface area contributed by atoms with Gasteiger partial charge in [-0.1, -0.05) is 0 Å². The van der Waals surface area contributed by atoms with Crippen LogP contribution in [-0.2, 0) is 0 Å². The van der Waals surface area contributed by atoms with Crippen molar-refractivity contribution in [3.8, 4) is 0 Å². The number of carbonyl (C=O) groups excluding carboxylic acids is 1. The SMILES string of the molecule is Cc1[nH]ncc1C1CCN(C(=O)c2cc(F)ccc2N2CCN(C)CC2)CC1. The minimum Gasteiger partial charge on any atom is -0.368 e. The number of piperidine rings is 1. The van der Waals surface area contributed by atoms with Crippen molar-refractivity contribution in [1.29, 1.82) is 0 Å². The summed E-state index contributed by atoms with van der Waals surface area (Å²) in [5, 5.41) is 7.12. The lowest BCUT2D eigenvalue weighted by Crippen LogP contribution is -2.45. The maximum absolute atomic E-state index is 14.0. The fraction of sp³-hybridized carbons (Fsp3) is 0.524. The van der Waals surface area contributed by atoms with Crippen LogP contribution in [0.3, 0.4) is 0 Å². The maximum atomic E-state index is 14.0. The third-order valence-electron chi connectivity index (χ3n) is 6.12. The summed E-state index contributed by atoms with van der Waals surface area (Å²) in [5.41, 5.74) is 3.69. The number of aryl methyl sites for hydroxylation is 1. The minimum atomic E-state index is -0.356. The molecule has 0 spiro atoms. The van der Waals surface area contributed by atoms with E-state index in [1.807, 2.05) is 18.0 Å². The van der Waals surface area contributed by atoms with Crippen molar-refractivity contribution in [3.05, 3.63) is 47.0 Å². The van der Waals surface area contributed by atoms with E-state index in [9.17, 15) is 9.18 Å². The summed E-state index contributed by atoms with van der Waals surface area (Å²) >= 11 is 0. The average Bonchev–Trinajstić information content (AvgIpc) is 3.14. The van der Waals surface area contributed by atoms with Gasteiger partial charge in [0, 0.05) is 50.6 Å². The lowest BCUT2D eigenvalue weighted by atomic mass is 9.89. The standard InChI is InChI=1S/C21H28FN5O/c1-15-19(14-23-24-15)16-5-7-27(8-6-16)21(28)18-13-17(22)3-4-20(18)26-11-9-25(2)10-12-26/h3-4,13-14,16H,5-12H2,1-2H3,(H,23,24). The number of aromatic amines is 1. The number of hydrogen-bond donors (Lipinski definition) is 1. The van der Waals surface area contributed by atoms with Gasteiger partial charge in [0.2, 0.25) is 0 Å². The highest BCUT2D eigenvalue weighted by Gasteiger charge is 2.29. The van der Waals surface area contributed by atoms with Crippen LogP contribution in [0.25, 0.3) is 0 Å². The number of carbonyl (C=O) groups is 1. The van der Waals surface area contributed by atoms with Gasteiger partial charge in [-0.25, -0.2) is 4.39 Å². The summed E-state index contributed by atoms with van der Waals surface area (Å²) in [4.78, 5) is 19.6. The van der Waals surface area contributed by atoms with Gasteiger partial charge in [-0.2, -0.15) is 5.10 Å². The van der Waals surface area contributed by atoms with Crippen LogP contribution in [0.15, 0.2) is 24.4 Å². The van der Waals surface area contributed by atoms with E-state index >= 15 is 0 Å². The molecule has 28 heavy (non-hydrogen) atoms. The molecular weight excluding hydrogens is 357 g/mol. The van der Waals surface area contributed by atoms with E-state index in [1.54, 1.807) is 6.07 Å². The van der Waals surface area contributed by atoms with Gasteiger partial charge in [-0.05, 0) is 56.5 Å². The number of rotatable bonds is 3. The molecule has 0 atom stereocenters. The Bertz CT molecular complexity index is 835. The molecule has 2 saturated heterocycles. The van der Waals surface area contributed by atoms with Crippen LogP contribution in [0.5, 0.6) is 0 Å². The topological polar surface area (TPSA) is 55.5 Å². The molecule has 0 bridgehead atoms. The molecule has 2 aliphatic heterocycles. The first-order chi connectivity index (χ1) is 13.5. The molecule has 7 heteroatoms. The molecule has 2 aliphatic rings. The minimum absolute atomic E-state index is 0.0595. The molecule has 1 N–H and O–H groups in total. The van der Waals surface area contributed by atoms with Gasteiger partial charge in [0.1, 0.15) is 5.82 Å². The predicted octanol–water partition coefficient (Wildman–Crippen LogP) is 2.63. The second-order valence-electron chi connectivity index (χ2n) is 7.97. The number of benzene rings is 1. The van der Waals surface area contributed by atoms with E-state index < -0.39 is 0 Å². The summed E-state index contributed by atoms with van der Waals surface area (Å²) in [6.45, 7) is 7.00. The summed E-state index contributed by atoms with van der Waals surface area (Å²) in [7, 11) is 2.10. The van der Waals surface area contributed by atoms with Crippen LogP contribution in [0.2, 0.25) is 0 Å². The molecule has 2 fully saturated rings. The summed E-state index contributed by atoms with van der Waals surface area (Å²) in [5.74, 6) is 0.00772. The first-order valence-corrected chi connectivity index (χ1v) is 10.0. The third-order valence-corrected chi connectivity index (χ3v) is 6.12. The van der Waals surface area contributed by atoms with Crippen LogP contribution in [0.4, 0.5) is 10.1 Å². The number of likely N-dealkylation sites (tertiary alicyclic amines) is 1. The fourth-order valence-corrected chi connectivity index (χ4v) is 4.34. The smallest absolute Gasteiger partial charge is 0.256 e. The zero-order chi connectivity index (χ0) is 19.7. The summed E-state index contributed by atoms with van der Waals surface area (Å²) < 4.78 is 14.0. The zero-order valence-corrected chi connectivity index (χ0v) is 16.6. The van der Waals surface area contributed by atoms with Crippen molar-refractivity contribution < 1.29 is 9.18 Å². The Hall–Kier alpha value is -2.41. The summed E-state index contributed by atoms with van der Waals surface area (Å²) in [6.07, 6.45) is 3.71. The van der Waals surface area contributed by atoms with Crippen LogP contribution in [0, 0.1) is 12.7 Å². The molecule has 150 valence electrons. The van der Waals surface area contributed by atoms with Gasteiger partial charge < -0.3 is 14.7 Å². The van der Waals surface area contributed by atoms with Gasteiger partial charge >= 0.3 is 0 Å². The van der Waals surface area contributed by atoms with Crippen LogP contribution in [-0.4, -0.2) is 72.2 Å². The van der Waals surface area contributed by atoms with Crippen molar-refractivity contribution >= 4 is 11.6 Å². The number of nitrogens with zero attached hydrogens (tertiary/aromatic N) is 4. The normalized spacial score (nSPS) is 19.2. The van der Waals surface area contributed by atoms with Crippen molar-refractivity contribution in [2.45, 2.75) is 25.7 Å². The van der Waals surface area contributed by atoms with E-state index in [2.05, 4.69) is 27.0 Å². The predicted molar refractivity (Wildman–Crippen MR) is 107 cm³/mol. The Kier molecular flexibility index (Phi) is 5.35. The monoisotopic (exact) mass is 385 g/mol. The molecule has 2 aromatic rings. The number of likely N-dealkylation sites (N-methyl/N-ethyl adjacent to an activating group) is 1. The first-order valence-electron chi connectivity index (χ1n) is 10.0. The van der Waals surface area contributed by atoms with Gasteiger partial charge in [-0.15, -0.1) is 0 Å². The number of hydrogen-bond acceptors (Lipinski definition) is 4. The molecular formula is C21H28FN5O. The molecule has 0 saturated carbocycles. The number of piperazine rings is 1. The molecule has 1 aromatic heterocycles. The van der Waals surface area contributed by atoms with E-state index in [1.165, 1.54) is 17.7 Å². The van der Waals surface area contributed by atoms with E-state index in [-0.39, 0.29) is 11.7 Å². The first kappa shape index (κ1) is 18.9. The maximum Gasteiger partial charge on any atom is 0.256 e. The molecule has 0 aliphatic carbocycles. The van der Waals surface area contributed by atoms with E-state index in [0.29, 0.717) is 24.6 Å². The molecule has 0 radical (unpaired) electrons. The van der Waals surface area contributed by atoms with Crippen LogP contribution >= 0.6 is 0 Å². The third kappa shape index (κ3) is 3.76. The Labute approximate surface area is 165 Å². The lowest BCUT2D eigenvalue weighted by Gasteiger charge is -2.36. The summed E-state index contributed by atoms with van der Waals surface area (Å²) in [6, 6.07) is 4.62. The molecule has 6 nitrogen and oxygen atoms in total. The number of aromatic nitrogens is 2. The Morgan fingerprint density at radius 3 is 2.50 bits per heavy atom. The molecule has 3 heterocycles. The highest BCUT2D eigenvalue weighted by molar-refractivity contribution is 6.00. The number of anilines is 1. The molecule has 4 rings (SSSR count). The number of H-pyrrole nitrogens is 1. The molecule has 1 aromatic carbocycles. The quantitative estimate of drug-likeness (QED) is 0.883.